The minimum atomic E-state index is -0.545. The number of rotatable bonds is 2. The van der Waals surface area contributed by atoms with E-state index in [4.69, 9.17) is 0 Å². The molecule has 0 aromatic heterocycles. The van der Waals surface area contributed by atoms with Crippen LogP contribution in [0.2, 0.25) is 0 Å². The first kappa shape index (κ1) is 27.6. The van der Waals surface area contributed by atoms with E-state index in [1.807, 2.05) is 12.2 Å². The first-order chi connectivity index (χ1) is 9.38. The van der Waals surface area contributed by atoms with Crippen molar-refractivity contribution in [2.45, 2.75) is 6.42 Å². The monoisotopic (exact) mass is 485 g/mol. The van der Waals surface area contributed by atoms with Crippen LogP contribution in [-0.4, -0.2) is 6.19 Å². The van der Waals surface area contributed by atoms with E-state index in [1.165, 1.54) is 10.4 Å². The molecule has 0 heterocycles. The molecule has 0 amide bonds. The Bertz CT molecular complexity index is 529. The van der Waals surface area contributed by atoms with Gasteiger partial charge in [-0.05, 0) is 0 Å². The van der Waals surface area contributed by atoms with E-state index in [-0.39, 0.29) is 48.8 Å². The van der Waals surface area contributed by atoms with Gasteiger partial charge in [0, 0.05) is 0 Å². The molecule has 1 aliphatic rings. The molecule has 0 saturated heterocycles. The van der Waals surface area contributed by atoms with Crippen LogP contribution in [0.25, 0.3) is 0 Å². The van der Waals surface area contributed by atoms with Crippen molar-refractivity contribution in [3.05, 3.63) is 99.8 Å². The van der Waals surface area contributed by atoms with E-state index in [9.17, 15) is 0 Å². The van der Waals surface area contributed by atoms with E-state index < -0.39 is 6.19 Å². The topological polar surface area (TPSA) is 0 Å². The number of halogens is 2. The molecule has 0 fully saturated rings. The third-order valence-electron chi connectivity index (χ3n) is 2.71. The number of allylic oxidation sites excluding steroid dienone is 4. The third kappa shape index (κ3) is 10.3. The van der Waals surface area contributed by atoms with Crippen LogP contribution in [0.4, 0.5) is 0 Å². The molecular formula is C19H23Br2SiTi-3. The van der Waals surface area contributed by atoms with Crippen molar-refractivity contribution in [2.24, 2.45) is 0 Å². The predicted molar refractivity (Wildman–Crippen MR) is 113 cm³/mol. The maximum atomic E-state index is 2.99. The fourth-order valence-electron chi connectivity index (χ4n) is 1.72. The van der Waals surface area contributed by atoms with Gasteiger partial charge >= 0.3 is 96.4 Å². The van der Waals surface area contributed by atoms with Gasteiger partial charge in [-0.2, -0.15) is 6.08 Å². The zero-order valence-electron chi connectivity index (χ0n) is 13.5. The van der Waals surface area contributed by atoms with Gasteiger partial charge in [-0.1, -0.05) is 0 Å². The van der Waals surface area contributed by atoms with Gasteiger partial charge in [-0.3, -0.25) is 6.08 Å². The molecule has 1 aliphatic carbocycles. The van der Waals surface area contributed by atoms with E-state index in [2.05, 4.69) is 92.0 Å². The van der Waals surface area contributed by atoms with Gasteiger partial charge in [0.1, 0.15) is 0 Å². The summed E-state index contributed by atoms with van der Waals surface area (Å²) >= 11 is 2.34. The summed E-state index contributed by atoms with van der Waals surface area (Å²) in [6, 6.07) is 21.5. The van der Waals surface area contributed by atoms with Crippen LogP contribution in [-0.2, 0) is 19.2 Å². The van der Waals surface area contributed by atoms with Crippen molar-refractivity contribution in [2.75, 3.05) is 0 Å². The normalized spacial score (nSPS) is 9.70. The predicted octanol–water partition coefficient (Wildman–Crippen LogP) is 4.70. The van der Waals surface area contributed by atoms with Crippen LogP contribution in [0.15, 0.2) is 78.9 Å². The molecule has 0 unspecified atom stereocenters. The maximum absolute atomic E-state index is 2.99. The number of benzene rings is 2. The third-order valence-corrected chi connectivity index (χ3v) is 7.24. The van der Waals surface area contributed by atoms with Crippen molar-refractivity contribution in [1.29, 1.82) is 0 Å². The van der Waals surface area contributed by atoms with Gasteiger partial charge in [0.05, 0.1) is 0 Å². The number of hydrogen-bond donors (Lipinski definition) is 0. The van der Waals surface area contributed by atoms with Crippen LogP contribution in [0.3, 0.4) is 0 Å². The second-order valence-electron chi connectivity index (χ2n) is 4.11. The fourth-order valence-corrected chi connectivity index (χ4v) is 4.66. The molecule has 0 radical (unpaired) electrons. The molecule has 2 aromatic carbocycles. The molecule has 0 spiro atoms. The Morgan fingerprint density at radius 1 is 0.783 bits per heavy atom. The van der Waals surface area contributed by atoms with Gasteiger partial charge in [0.25, 0.3) is 0 Å². The second-order valence-corrected chi connectivity index (χ2v) is 8.36. The molecule has 0 bridgehead atoms. The first-order valence-electron chi connectivity index (χ1n) is 6.29. The van der Waals surface area contributed by atoms with Crippen LogP contribution < -0.4 is 10.4 Å². The molecular weight excluding hydrogens is 464 g/mol. The van der Waals surface area contributed by atoms with E-state index in [0.29, 0.717) is 0 Å². The van der Waals surface area contributed by atoms with Crippen LogP contribution >= 0.6 is 34.0 Å². The van der Waals surface area contributed by atoms with Gasteiger partial charge in [0.2, 0.25) is 0 Å². The van der Waals surface area contributed by atoms with Crippen molar-refractivity contribution in [1.82, 2.24) is 0 Å². The molecule has 0 N–H and O–H groups in total. The summed E-state index contributed by atoms with van der Waals surface area (Å²) in [6.07, 6.45) is 9.46. The van der Waals surface area contributed by atoms with Gasteiger partial charge in [0.15, 0.2) is 0 Å². The molecule has 3 rings (SSSR count). The van der Waals surface area contributed by atoms with Gasteiger partial charge in [-0.15, -0.1) is 40.4 Å². The van der Waals surface area contributed by atoms with E-state index >= 15 is 0 Å². The zero-order chi connectivity index (χ0) is 13.3. The van der Waals surface area contributed by atoms with Crippen molar-refractivity contribution in [3.63, 3.8) is 0 Å². The zero-order valence-corrected chi connectivity index (χ0v) is 19.5. The molecule has 2 aromatic rings. The van der Waals surface area contributed by atoms with Crippen LogP contribution in [0.5, 0.6) is 0 Å². The average Bonchev–Trinajstić information content (AvgIpc) is 3.08. The summed E-state index contributed by atoms with van der Waals surface area (Å²) in [7, 11) is 0. The molecule has 0 saturated carbocycles. The Morgan fingerprint density at radius 3 is 1.48 bits per heavy atom. The quantitative estimate of drug-likeness (QED) is 0.426. The second kappa shape index (κ2) is 16.7. The molecule has 4 heteroatoms. The van der Waals surface area contributed by atoms with E-state index in [0.717, 1.165) is 6.42 Å². The average molecular weight is 487 g/mol. The summed E-state index contributed by atoms with van der Waals surface area (Å²) in [4.78, 5) is 0. The SMILES string of the molecule is Br.Br.[C-]1=CC=CC1.[CH3-].[CH3-].[Ti]=[Si](c1ccccc1)c1ccccc1. The molecule has 23 heavy (non-hydrogen) atoms. The Balaban J connectivity index is -0.000000389. The number of hydrogen-bond acceptors (Lipinski definition) is 0. The molecule has 0 nitrogen and oxygen atoms in total. The standard InChI is InChI=1S/C12H10Si.C5H5.2CH3.2BrH.Ti/c1-3-7-11(8-4-1)13-12-9-5-2-6-10-12;1-2-4-5-3-1;;;;;/h1-10H;1-3H,4H2;2*1H3;2*1H;/q;3*-1;;;. The Hall–Kier alpha value is -0.189. The molecule has 0 atom stereocenters. The van der Waals surface area contributed by atoms with E-state index in [1.54, 1.807) is 0 Å². The molecule has 0 aliphatic heterocycles. The van der Waals surface area contributed by atoms with Crippen molar-refractivity contribution < 1.29 is 19.2 Å². The molecule has 124 valence electrons. The summed E-state index contributed by atoms with van der Waals surface area (Å²) in [5.41, 5.74) is 0. The Labute approximate surface area is 174 Å². The fraction of sp³-hybridized carbons (Fsp3) is 0.0526. The Kier molecular flexibility index (Phi) is 20.0. The van der Waals surface area contributed by atoms with Crippen molar-refractivity contribution >= 4 is 50.5 Å². The van der Waals surface area contributed by atoms with Gasteiger partial charge < -0.3 is 14.9 Å². The summed E-state index contributed by atoms with van der Waals surface area (Å²) < 4.78 is 0. The van der Waals surface area contributed by atoms with Crippen molar-refractivity contribution in [3.8, 4) is 0 Å². The Morgan fingerprint density at radius 2 is 1.22 bits per heavy atom. The van der Waals surface area contributed by atoms with Gasteiger partial charge in [-0.25, -0.2) is 12.2 Å². The van der Waals surface area contributed by atoms with Crippen LogP contribution in [0.1, 0.15) is 6.42 Å². The minimum absolute atomic E-state index is 0. The first-order valence-corrected chi connectivity index (χ1v) is 10.1. The summed E-state index contributed by atoms with van der Waals surface area (Å²) in [6.45, 7) is 0. The van der Waals surface area contributed by atoms with Crippen LogP contribution in [0, 0.1) is 20.9 Å². The summed E-state index contributed by atoms with van der Waals surface area (Å²) in [5, 5.41) is 2.95. The summed E-state index contributed by atoms with van der Waals surface area (Å²) in [5.74, 6) is 0.